The van der Waals surface area contributed by atoms with Crippen LogP contribution < -0.4 is 14.8 Å². The molecule has 0 atom stereocenters. The van der Waals surface area contributed by atoms with Crippen LogP contribution in [0.15, 0.2) is 65.4 Å². The van der Waals surface area contributed by atoms with E-state index in [4.69, 9.17) is 21.1 Å². The summed E-state index contributed by atoms with van der Waals surface area (Å²) in [5, 5.41) is 4.05. The molecule has 0 radical (unpaired) electrons. The van der Waals surface area contributed by atoms with Gasteiger partial charge in [0.2, 0.25) is 0 Å². The van der Waals surface area contributed by atoms with Crippen LogP contribution in [0.1, 0.15) is 42.4 Å². The van der Waals surface area contributed by atoms with Crippen molar-refractivity contribution in [1.82, 2.24) is 10.3 Å². The van der Waals surface area contributed by atoms with Crippen molar-refractivity contribution in [3.05, 3.63) is 87.1 Å². The van der Waals surface area contributed by atoms with Gasteiger partial charge >= 0.3 is 0 Å². The molecular weight excluding hydrogens is 524 g/mol. The Balaban J connectivity index is 1.37. The van der Waals surface area contributed by atoms with Crippen LogP contribution in [0.4, 0.5) is 0 Å². The first-order chi connectivity index (χ1) is 17.2. The average molecular weight is 556 g/mol. The topological polar surface area (TPSA) is 43.4 Å². The minimum Gasteiger partial charge on any atom is -0.493 e. The highest BCUT2D eigenvalue weighted by Gasteiger charge is 2.15. The van der Waals surface area contributed by atoms with Gasteiger partial charge in [-0.15, -0.1) is 0 Å². The number of unbranched alkanes of at least 4 members (excludes halogenated alkanes) is 2. The van der Waals surface area contributed by atoms with Gasteiger partial charge in [-0.25, -0.2) is 0 Å². The average Bonchev–Trinajstić information content (AvgIpc) is 2.82. The molecule has 35 heavy (non-hydrogen) atoms. The molecule has 1 aliphatic heterocycles. The SMILES string of the molecule is Clc1ccc(/C=C/c2cc(OCCCCCC3CNC3)cc(OCCc3ccncc3)c2)c(Br)c1. The molecule has 184 valence electrons. The van der Waals surface area contributed by atoms with Crippen molar-refractivity contribution in [3.63, 3.8) is 0 Å². The Bertz CT molecular complexity index is 1100. The fraction of sp³-hybridized carbons (Fsp3) is 0.345. The Morgan fingerprint density at radius 1 is 0.914 bits per heavy atom. The number of pyridine rings is 1. The van der Waals surface area contributed by atoms with Crippen molar-refractivity contribution in [3.8, 4) is 11.5 Å². The number of hydrogen-bond acceptors (Lipinski definition) is 4. The highest BCUT2D eigenvalue weighted by atomic mass is 79.9. The number of benzene rings is 2. The van der Waals surface area contributed by atoms with Gasteiger partial charge in [-0.1, -0.05) is 58.6 Å². The minimum absolute atomic E-state index is 0.593. The number of nitrogens with zero attached hydrogens (tertiary/aromatic N) is 1. The van der Waals surface area contributed by atoms with Crippen LogP contribution in [0.2, 0.25) is 5.02 Å². The number of rotatable bonds is 13. The second-order valence-corrected chi connectivity index (χ2v) is 10.2. The van der Waals surface area contributed by atoms with Crippen LogP contribution in [0.3, 0.4) is 0 Å². The Kier molecular flexibility index (Phi) is 10.1. The smallest absolute Gasteiger partial charge is 0.123 e. The summed E-state index contributed by atoms with van der Waals surface area (Å²) in [6, 6.07) is 15.9. The van der Waals surface area contributed by atoms with E-state index in [2.05, 4.69) is 44.4 Å². The number of nitrogens with one attached hydrogen (secondary N) is 1. The molecule has 0 aliphatic carbocycles. The molecule has 2 aromatic carbocycles. The zero-order chi connectivity index (χ0) is 24.3. The normalized spacial score (nSPS) is 13.7. The Hall–Kier alpha value is -2.34. The number of aromatic nitrogens is 1. The maximum absolute atomic E-state index is 6.13. The molecule has 0 bridgehead atoms. The van der Waals surface area contributed by atoms with E-state index in [1.165, 1.54) is 37.9 Å². The summed E-state index contributed by atoms with van der Waals surface area (Å²) < 4.78 is 13.2. The van der Waals surface area contributed by atoms with Crippen LogP contribution in [0.5, 0.6) is 11.5 Å². The van der Waals surface area contributed by atoms with Gasteiger partial charge in [-0.3, -0.25) is 4.98 Å². The van der Waals surface area contributed by atoms with E-state index in [0.717, 1.165) is 52.5 Å². The molecule has 6 heteroatoms. The second kappa shape index (κ2) is 13.7. The molecule has 3 aromatic rings. The monoisotopic (exact) mass is 554 g/mol. The van der Waals surface area contributed by atoms with E-state index in [9.17, 15) is 0 Å². The van der Waals surface area contributed by atoms with Crippen molar-refractivity contribution in [1.29, 1.82) is 0 Å². The summed E-state index contributed by atoms with van der Waals surface area (Å²) in [7, 11) is 0. The van der Waals surface area contributed by atoms with Crippen LogP contribution in [-0.2, 0) is 6.42 Å². The van der Waals surface area contributed by atoms with Crippen LogP contribution >= 0.6 is 27.5 Å². The van der Waals surface area contributed by atoms with Gasteiger partial charge < -0.3 is 14.8 Å². The highest BCUT2D eigenvalue weighted by Crippen LogP contribution is 2.27. The predicted octanol–water partition coefficient (Wildman–Crippen LogP) is 7.45. The fourth-order valence-corrected chi connectivity index (χ4v) is 4.78. The van der Waals surface area contributed by atoms with Crippen molar-refractivity contribution < 1.29 is 9.47 Å². The van der Waals surface area contributed by atoms with Gasteiger partial charge in [0.25, 0.3) is 0 Å². The Morgan fingerprint density at radius 3 is 2.40 bits per heavy atom. The van der Waals surface area contributed by atoms with Crippen molar-refractivity contribution in [2.45, 2.75) is 32.1 Å². The lowest BCUT2D eigenvalue weighted by Crippen LogP contribution is -2.41. The van der Waals surface area contributed by atoms with E-state index < -0.39 is 0 Å². The third-order valence-electron chi connectivity index (χ3n) is 6.12. The lowest BCUT2D eigenvalue weighted by atomic mass is 9.96. The Labute approximate surface area is 221 Å². The van der Waals surface area contributed by atoms with Gasteiger partial charge in [0.1, 0.15) is 11.5 Å². The standard InChI is InChI=1S/C29H32BrClN2O2/c30-29-18-26(31)8-7-25(29)6-5-23-16-27(34-14-3-1-2-4-24-20-33-21-24)19-28(17-23)35-15-11-22-9-12-32-13-10-22/h5-10,12-13,16-19,24,33H,1-4,11,14-15,20-21H2/b6-5+. The lowest BCUT2D eigenvalue weighted by Gasteiger charge is -2.26. The fourth-order valence-electron chi connectivity index (χ4n) is 3.97. The Morgan fingerprint density at radius 2 is 1.69 bits per heavy atom. The summed E-state index contributed by atoms with van der Waals surface area (Å²) >= 11 is 9.67. The molecule has 0 spiro atoms. The quantitative estimate of drug-likeness (QED) is 0.176. The molecule has 1 aliphatic rings. The van der Waals surface area contributed by atoms with Crippen LogP contribution in [0.25, 0.3) is 12.2 Å². The van der Waals surface area contributed by atoms with Gasteiger partial charge in [0.15, 0.2) is 0 Å². The van der Waals surface area contributed by atoms with Gasteiger partial charge in [0, 0.05) is 34.4 Å². The summed E-state index contributed by atoms with van der Waals surface area (Å²) in [5.41, 5.74) is 3.29. The lowest BCUT2D eigenvalue weighted by molar-refractivity contribution is 0.284. The number of halogens is 2. The van der Waals surface area contributed by atoms with E-state index in [1.807, 2.05) is 54.9 Å². The van der Waals surface area contributed by atoms with E-state index >= 15 is 0 Å². The van der Waals surface area contributed by atoms with Crippen molar-refractivity contribution in [2.75, 3.05) is 26.3 Å². The van der Waals surface area contributed by atoms with Gasteiger partial charge in [0.05, 0.1) is 13.2 Å². The summed E-state index contributed by atoms with van der Waals surface area (Å²) in [6.45, 7) is 3.69. The molecule has 2 heterocycles. The van der Waals surface area contributed by atoms with E-state index in [-0.39, 0.29) is 0 Å². The van der Waals surface area contributed by atoms with Gasteiger partial charge in [-0.05, 0) is 84.9 Å². The first kappa shape index (κ1) is 25.7. The zero-order valence-electron chi connectivity index (χ0n) is 19.9. The molecule has 4 nitrogen and oxygen atoms in total. The summed E-state index contributed by atoms with van der Waals surface area (Å²) in [6.07, 6.45) is 13.5. The molecule has 1 aromatic heterocycles. The number of ether oxygens (including phenoxy) is 2. The van der Waals surface area contributed by atoms with Crippen LogP contribution in [0, 0.1) is 5.92 Å². The van der Waals surface area contributed by atoms with Crippen molar-refractivity contribution in [2.24, 2.45) is 5.92 Å². The first-order valence-electron chi connectivity index (χ1n) is 12.3. The number of hydrogen-bond donors (Lipinski definition) is 1. The summed E-state index contributed by atoms with van der Waals surface area (Å²) in [5.74, 6) is 2.53. The maximum Gasteiger partial charge on any atom is 0.123 e. The van der Waals surface area contributed by atoms with Gasteiger partial charge in [-0.2, -0.15) is 0 Å². The zero-order valence-corrected chi connectivity index (χ0v) is 22.2. The molecule has 0 amide bonds. The molecule has 0 unspecified atom stereocenters. The first-order valence-corrected chi connectivity index (χ1v) is 13.5. The highest BCUT2D eigenvalue weighted by molar-refractivity contribution is 9.10. The third kappa shape index (κ3) is 8.68. The minimum atomic E-state index is 0.593. The third-order valence-corrected chi connectivity index (χ3v) is 7.04. The maximum atomic E-state index is 6.13. The molecular formula is C29H32BrClN2O2. The van der Waals surface area contributed by atoms with E-state index in [0.29, 0.717) is 11.6 Å². The molecule has 1 fully saturated rings. The molecule has 0 saturated carbocycles. The summed E-state index contributed by atoms with van der Waals surface area (Å²) in [4.78, 5) is 4.08. The molecule has 1 N–H and O–H groups in total. The molecule has 1 saturated heterocycles. The van der Waals surface area contributed by atoms with Crippen LogP contribution in [-0.4, -0.2) is 31.3 Å². The van der Waals surface area contributed by atoms with Crippen molar-refractivity contribution >= 4 is 39.7 Å². The van der Waals surface area contributed by atoms with E-state index in [1.54, 1.807) is 0 Å². The second-order valence-electron chi connectivity index (χ2n) is 8.91. The molecule has 4 rings (SSSR count). The predicted molar refractivity (Wildman–Crippen MR) is 148 cm³/mol. The largest absolute Gasteiger partial charge is 0.493 e.